The molecule has 0 aliphatic heterocycles. The van der Waals surface area contributed by atoms with Crippen LogP contribution in [0.25, 0.3) is 0 Å². The van der Waals surface area contributed by atoms with Crippen LogP contribution in [0, 0.1) is 0 Å². The lowest BCUT2D eigenvalue weighted by molar-refractivity contribution is 0.961. The summed E-state index contributed by atoms with van der Waals surface area (Å²) in [6.45, 7) is 0. The highest BCUT2D eigenvalue weighted by atomic mass is 35.5. The summed E-state index contributed by atoms with van der Waals surface area (Å²) in [6, 6.07) is 9.41. The average molecular weight is 376 g/mol. The van der Waals surface area contributed by atoms with Gasteiger partial charge in [0.2, 0.25) is 17.2 Å². The molecule has 0 atom stereocenters. The van der Waals surface area contributed by atoms with Gasteiger partial charge < -0.3 is 10.2 Å². The van der Waals surface area contributed by atoms with Gasteiger partial charge in [0.25, 0.3) is 0 Å². The SMILES string of the molecule is CN(c1nc(Cl)nc(Nc2cc(C3CC3)n[nH]2)n1)c1ccccc1Cl. The summed E-state index contributed by atoms with van der Waals surface area (Å²) in [5, 5.41) is 11.0. The number of aromatic nitrogens is 5. The Labute approximate surface area is 154 Å². The number of H-pyrrole nitrogens is 1. The van der Waals surface area contributed by atoms with Gasteiger partial charge in [0, 0.05) is 19.0 Å². The van der Waals surface area contributed by atoms with Crippen molar-refractivity contribution in [3.05, 3.63) is 46.3 Å². The lowest BCUT2D eigenvalue weighted by Gasteiger charge is -2.18. The van der Waals surface area contributed by atoms with Crippen LogP contribution >= 0.6 is 23.2 Å². The van der Waals surface area contributed by atoms with Crippen molar-refractivity contribution in [3.63, 3.8) is 0 Å². The molecule has 128 valence electrons. The zero-order chi connectivity index (χ0) is 17.4. The maximum absolute atomic E-state index is 6.24. The number of anilines is 4. The van der Waals surface area contributed by atoms with Gasteiger partial charge in [-0.3, -0.25) is 5.10 Å². The number of hydrogen-bond donors (Lipinski definition) is 2. The second-order valence-electron chi connectivity index (χ2n) is 5.84. The van der Waals surface area contributed by atoms with Crippen LogP contribution in [0.5, 0.6) is 0 Å². The Morgan fingerprint density at radius 3 is 2.72 bits per heavy atom. The van der Waals surface area contributed by atoms with Crippen molar-refractivity contribution in [2.24, 2.45) is 0 Å². The average Bonchev–Trinajstić information content (AvgIpc) is 3.34. The molecule has 25 heavy (non-hydrogen) atoms. The van der Waals surface area contributed by atoms with E-state index in [0.717, 1.165) is 17.2 Å². The van der Waals surface area contributed by atoms with E-state index in [-0.39, 0.29) is 5.28 Å². The first-order valence-corrected chi connectivity index (χ1v) is 8.58. The third kappa shape index (κ3) is 3.52. The van der Waals surface area contributed by atoms with Gasteiger partial charge in [0.1, 0.15) is 5.82 Å². The number of benzene rings is 1. The molecule has 0 bridgehead atoms. The maximum Gasteiger partial charge on any atom is 0.235 e. The van der Waals surface area contributed by atoms with E-state index in [2.05, 4.69) is 30.5 Å². The largest absolute Gasteiger partial charge is 0.312 e. The van der Waals surface area contributed by atoms with E-state index >= 15 is 0 Å². The monoisotopic (exact) mass is 375 g/mol. The van der Waals surface area contributed by atoms with Crippen LogP contribution in [0.4, 0.5) is 23.4 Å². The number of nitrogens with one attached hydrogen (secondary N) is 2. The molecule has 3 aromatic rings. The van der Waals surface area contributed by atoms with E-state index in [0.29, 0.717) is 22.8 Å². The zero-order valence-corrected chi connectivity index (χ0v) is 14.9. The van der Waals surface area contributed by atoms with Gasteiger partial charge in [-0.25, -0.2) is 0 Å². The minimum atomic E-state index is 0.0911. The predicted octanol–water partition coefficient (Wildman–Crippen LogP) is 4.29. The molecule has 0 saturated heterocycles. The van der Waals surface area contributed by atoms with Crippen molar-refractivity contribution in [2.45, 2.75) is 18.8 Å². The summed E-state index contributed by atoms with van der Waals surface area (Å²) in [5.41, 5.74) is 1.83. The maximum atomic E-state index is 6.24. The molecule has 2 aromatic heterocycles. The van der Waals surface area contributed by atoms with Gasteiger partial charge in [-0.1, -0.05) is 23.7 Å². The molecule has 0 amide bonds. The lowest BCUT2D eigenvalue weighted by Crippen LogP contribution is -2.15. The van der Waals surface area contributed by atoms with E-state index in [1.165, 1.54) is 12.8 Å². The first-order chi connectivity index (χ1) is 12.1. The van der Waals surface area contributed by atoms with Crippen molar-refractivity contribution in [2.75, 3.05) is 17.3 Å². The molecular formula is C16H15Cl2N7. The summed E-state index contributed by atoms with van der Waals surface area (Å²) in [7, 11) is 1.82. The van der Waals surface area contributed by atoms with Crippen molar-refractivity contribution >= 4 is 46.6 Å². The molecule has 1 aromatic carbocycles. The Balaban J connectivity index is 1.60. The standard InChI is InChI=1S/C16H15Cl2N7/c1-25(12-5-3-2-4-10(12)17)16-21-14(18)20-15(22-16)19-13-8-11(23-24-13)9-6-7-9/h2-5,8-9H,6-7H2,1H3,(H2,19,20,21,22,23,24). The Morgan fingerprint density at radius 1 is 1.16 bits per heavy atom. The first-order valence-electron chi connectivity index (χ1n) is 7.82. The van der Waals surface area contributed by atoms with Crippen LogP contribution in [0.3, 0.4) is 0 Å². The van der Waals surface area contributed by atoms with Gasteiger partial charge in [-0.05, 0) is 36.6 Å². The molecule has 2 N–H and O–H groups in total. The van der Waals surface area contributed by atoms with Crippen molar-refractivity contribution in [1.82, 2.24) is 25.1 Å². The van der Waals surface area contributed by atoms with Gasteiger partial charge in [-0.2, -0.15) is 20.1 Å². The number of nitrogens with zero attached hydrogens (tertiary/aromatic N) is 5. The number of aromatic amines is 1. The molecule has 0 spiro atoms. The third-order valence-corrected chi connectivity index (χ3v) is 4.44. The molecular weight excluding hydrogens is 361 g/mol. The first kappa shape index (κ1) is 16.1. The van der Waals surface area contributed by atoms with Crippen LogP contribution in [-0.4, -0.2) is 32.2 Å². The molecule has 0 unspecified atom stereocenters. The normalized spacial score (nSPS) is 13.7. The molecule has 1 fully saturated rings. The van der Waals surface area contributed by atoms with E-state index in [4.69, 9.17) is 23.2 Å². The second kappa shape index (κ2) is 6.50. The predicted molar refractivity (Wildman–Crippen MR) is 98.2 cm³/mol. The van der Waals surface area contributed by atoms with Crippen molar-refractivity contribution < 1.29 is 0 Å². The Hall–Kier alpha value is -2.38. The van der Waals surface area contributed by atoms with Crippen LogP contribution in [-0.2, 0) is 0 Å². The van der Waals surface area contributed by atoms with Gasteiger partial charge in [0.15, 0.2) is 0 Å². The van der Waals surface area contributed by atoms with Crippen LogP contribution < -0.4 is 10.2 Å². The number of rotatable bonds is 5. The minimum Gasteiger partial charge on any atom is -0.312 e. The topological polar surface area (TPSA) is 82.6 Å². The van der Waals surface area contributed by atoms with Crippen molar-refractivity contribution in [1.29, 1.82) is 0 Å². The van der Waals surface area contributed by atoms with Crippen LogP contribution in [0.15, 0.2) is 30.3 Å². The van der Waals surface area contributed by atoms with E-state index < -0.39 is 0 Å². The fourth-order valence-corrected chi connectivity index (χ4v) is 2.91. The summed E-state index contributed by atoms with van der Waals surface area (Å²) < 4.78 is 0. The van der Waals surface area contributed by atoms with Crippen molar-refractivity contribution in [3.8, 4) is 0 Å². The zero-order valence-electron chi connectivity index (χ0n) is 13.4. The summed E-state index contributed by atoms with van der Waals surface area (Å²) in [4.78, 5) is 14.5. The third-order valence-electron chi connectivity index (χ3n) is 3.95. The van der Waals surface area contributed by atoms with E-state index in [9.17, 15) is 0 Å². The molecule has 7 nitrogen and oxygen atoms in total. The Kier molecular flexibility index (Phi) is 4.19. The highest BCUT2D eigenvalue weighted by molar-refractivity contribution is 6.33. The summed E-state index contributed by atoms with van der Waals surface area (Å²) in [6.07, 6.45) is 2.38. The second-order valence-corrected chi connectivity index (χ2v) is 6.59. The molecule has 1 saturated carbocycles. The lowest BCUT2D eigenvalue weighted by atomic mass is 10.3. The molecule has 4 rings (SSSR count). The number of hydrogen-bond acceptors (Lipinski definition) is 6. The highest BCUT2D eigenvalue weighted by Gasteiger charge is 2.26. The van der Waals surface area contributed by atoms with E-state index in [1.807, 2.05) is 31.3 Å². The van der Waals surface area contributed by atoms with Gasteiger partial charge >= 0.3 is 0 Å². The Morgan fingerprint density at radius 2 is 1.96 bits per heavy atom. The fraction of sp³-hybridized carbons (Fsp3) is 0.250. The van der Waals surface area contributed by atoms with Gasteiger partial charge in [-0.15, -0.1) is 0 Å². The molecule has 1 aliphatic rings. The molecule has 1 aliphatic carbocycles. The molecule has 2 heterocycles. The molecule has 9 heteroatoms. The van der Waals surface area contributed by atoms with Crippen LogP contribution in [0.1, 0.15) is 24.5 Å². The van der Waals surface area contributed by atoms with Gasteiger partial charge in [0.05, 0.1) is 16.4 Å². The van der Waals surface area contributed by atoms with Crippen LogP contribution in [0.2, 0.25) is 10.3 Å². The fourth-order valence-electron chi connectivity index (χ4n) is 2.49. The highest BCUT2D eigenvalue weighted by Crippen LogP contribution is 2.39. The molecule has 0 radical (unpaired) electrons. The quantitative estimate of drug-likeness (QED) is 0.691. The number of para-hydroxylation sites is 1. The summed E-state index contributed by atoms with van der Waals surface area (Å²) >= 11 is 12.3. The minimum absolute atomic E-state index is 0.0911. The Bertz CT molecular complexity index is 907. The smallest absolute Gasteiger partial charge is 0.235 e. The number of halogens is 2. The van der Waals surface area contributed by atoms with E-state index in [1.54, 1.807) is 11.0 Å². The summed E-state index contributed by atoms with van der Waals surface area (Å²) in [5.74, 6) is 2.00.